The van der Waals surface area contributed by atoms with Crippen LogP contribution in [0.2, 0.25) is 5.02 Å². The molecule has 0 atom stereocenters. The van der Waals surface area contributed by atoms with Crippen LogP contribution in [-0.4, -0.2) is 10.9 Å². The number of aromatic nitrogens is 1. The van der Waals surface area contributed by atoms with Crippen molar-refractivity contribution < 1.29 is 4.79 Å². The summed E-state index contributed by atoms with van der Waals surface area (Å²) >= 11 is 7.52. The Morgan fingerprint density at radius 1 is 1.14 bits per heavy atom. The van der Waals surface area contributed by atoms with Gasteiger partial charge in [0, 0.05) is 23.3 Å². The van der Waals surface area contributed by atoms with Crippen LogP contribution < -0.4 is 10.6 Å². The minimum absolute atomic E-state index is 0.0845. The van der Waals surface area contributed by atoms with E-state index >= 15 is 0 Å². The van der Waals surface area contributed by atoms with Gasteiger partial charge in [0.15, 0.2) is 5.13 Å². The summed E-state index contributed by atoms with van der Waals surface area (Å²) in [7, 11) is 0. The molecule has 2 N–H and O–H groups in total. The van der Waals surface area contributed by atoms with Crippen LogP contribution >= 0.6 is 22.9 Å². The highest BCUT2D eigenvalue weighted by atomic mass is 35.5. The Labute approximate surface area is 130 Å². The normalized spacial score (nSPS) is 10.6. The smallest absolute Gasteiger partial charge is 0.221 e. The summed E-state index contributed by atoms with van der Waals surface area (Å²) in [5.74, 6) is -0.0845. The van der Waals surface area contributed by atoms with E-state index < -0.39 is 0 Å². The number of fused-ring (bicyclic) bond motifs is 1. The summed E-state index contributed by atoms with van der Waals surface area (Å²) in [5.41, 5.74) is 2.56. The molecule has 1 amide bonds. The molecule has 106 valence electrons. The van der Waals surface area contributed by atoms with E-state index in [1.54, 1.807) is 11.3 Å². The van der Waals surface area contributed by atoms with Gasteiger partial charge in [0.05, 0.1) is 10.2 Å². The fraction of sp³-hybridized carbons (Fsp3) is 0.0667. The summed E-state index contributed by atoms with van der Waals surface area (Å²) in [6.07, 6.45) is 0. The molecule has 0 spiro atoms. The van der Waals surface area contributed by atoms with Crippen molar-refractivity contribution in [2.24, 2.45) is 0 Å². The van der Waals surface area contributed by atoms with Crippen LogP contribution in [0.1, 0.15) is 6.92 Å². The lowest BCUT2D eigenvalue weighted by Crippen LogP contribution is -2.05. The molecule has 2 aromatic carbocycles. The summed E-state index contributed by atoms with van der Waals surface area (Å²) in [6, 6.07) is 13.1. The van der Waals surface area contributed by atoms with Crippen LogP contribution in [0.25, 0.3) is 10.2 Å². The Morgan fingerprint density at radius 3 is 2.57 bits per heavy atom. The van der Waals surface area contributed by atoms with Gasteiger partial charge in [-0.15, -0.1) is 0 Å². The molecule has 0 aliphatic carbocycles. The molecule has 3 aromatic rings. The first-order chi connectivity index (χ1) is 10.1. The van der Waals surface area contributed by atoms with Gasteiger partial charge < -0.3 is 10.6 Å². The third kappa shape index (κ3) is 3.32. The zero-order chi connectivity index (χ0) is 14.8. The highest BCUT2D eigenvalue weighted by Crippen LogP contribution is 2.30. The van der Waals surface area contributed by atoms with E-state index in [1.807, 2.05) is 42.5 Å². The van der Waals surface area contributed by atoms with Gasteiger partial charge in [-0.25, -0.2) is 4.98 Å². The Hall–Kier alpha value is -2.11. The second-order valence-electron chi connectivity index (χ2n) is 4.51. The maximum atomic E-state index is 11.0. The van der Waals surface area contributed by atoms with Gasteiger partial charge in [-0.05, 0) is 42.5 Å². The van der Waals surface area contributed by atoms with Gasteiger partial charge in [0.1, 0.15) is 0 Å². The number of halogens is 1. The van der Waals surface area contributed by atoms with E-state index in [4.69, 9.17) is 11.6 Å². The first kappa shape index (κ1) is 13.9. The highest BCUT2D eigenvalue weighted by molar-refractivity contribution is 7.22. The molecule has 0 radical (unpaired) electrons. The first-order valence-electron chi connectivity index (χ1n) is 6.31. The predicted molar refractivity (Wildman–Crippen MR) is 88.7 cm³/mol. The third-order valence-electron chi connectivity index (χ3n) is 2.81. The maximum Gasteiger partial charge on any atom is 0.221 e. The van der Waals surface area contributed by atoms with Gasteiger partial charge in [-0.1, -0.05) is 22.9 Å². The third-order valence-corrected chi connectivity index (χ3v) is 3.99. The lowest BCUT2D eigenvalue weighted by Gasteiger charge is -2.05. The van der Waals surface area contributed by atoms with Crippen molar-refractivity contribution in [3.05, 3.63) is 47.5 Å². The second-order valence-corrected chi connectivity index (χ2v) is 5.98. The van der Waals surface area contributed by atoms with Gasteiger partial charge in [0.2, 0.25) is 5.91 Å². The molecule has 1 heterocycles. The molecule has 6 heteroatoms. The topological polar surface area (TPSA) is 54.0 Å². The highest BCUT2D eigenvalue weighted by Gasteiger charge is 2.05. The van der Waals surface area contributed by atoms with Crippen molar-refractivity contribution in [3.63, 3.8) is 0 Å². The van der Waals surface area contributed by atoms with Crippen molar-refractivity contribution in [1.29, 1.82) is 0 Å². The van der Waals surface area contributed by atoms with Crippen molar-refractivity contribution in [2.75, 3.05) is 10.6 Å². The minimum atomic E-state index is -0.0845. The Balaban J connectivity index is 1.79. The number of hydrogen-bond acceptors (Lipinski definition) is 4. The van der Waals surface area contributed by atoms with Crippen LogP contribution in [0.5, 0.6) is 0 Å². The Bertz CT molecular complexity index is 798. The Kier molecular flexibility index (Phi) is 3.77. The summed E-state index contributed by atoms with van der Waals surface area (Å²) in [6.45, 7) is 1.48. The van der Waals surface area contributed by atoms with Crippen molar-refractivity contribution in [2.45, 2.75) is 6.92 Å². The number of benzene rings is 2. The van der Waals surface area contributed by atoms with Crippen LogP contribution in [-0.2, 0) is 4.79 Å². The average Bonchev–Trinajstić information content (AvgIpc) is 2.82. The fourth-order valence-electron chi connectivity index (χ4n) is 1.92. The molecule has 21 heavy (non-hydrogen) atoms. The molecule has 0 unspecified atom stereocenters. The molecular formula is C15H12ClN3OS. The maximum absolute atomic E-state index is 11.0. The SMILES string of the molecule is CC(=O)Nc1ccc(Nc2nc3cc(Cl)ccc3s2)cc1. The zero-order valence-electron chi connectivity index (χ0n) is 11.2. The van der Waals surface area contributed by atoms with Crippen LogP contribution in [0.4, 0.5) is 16.5 Å². The van der Waals surface area contributed by atoms with Gasteiger partial charge in [0.25, 0.3) is 0 Å². The second kappa shape index (κ2) is 5.71. The number of rotatable bonds is 3. The van der Waals surface area contributed by atoms with Crippen molar-refractivity contribution in [1.82, 2.24) is 4.98 Å². The van der Waals surface area contributed by atoms with E-state index in [0.717, 1.165) is 26.7 Å². The number of carbonyl (C=O) groups excluding carboxylic acids is 1. The Morgan fingerprint density at radius 2 is 1.86 bits per heavy atom. The van der Waals surface area contributed by atoms with Gasteiger partial charge in [-0.2, -0.15) is 0 Å². The number of thiazole rings is 1. The average molecular weight is 318 g/mol. The van der Waals surface area contributed by atoms with Crippen molar-refractivity contribution in [3.8, 4) is 0 Å². The zero-order valence-corrected chi connectivity index (χ0v) is 12.8. The molecule has 1 aromatic heterocycles. The van der Waals surface area contributed by atoms with E-state index in [9.17, 15) is 4.79 Å². The summed E-state index contributed by atoms with van der Waals surface area (Å²) in [5, 5.41) is 7.46. The molecule has 0 saturated carbocycles. The van der Waals surface area contributed by atoms with E-state index in [1.165, 1.54) is 6.92 Å². The molecule has 4 nitrogen and oxygen atoms in total. The molecule has 0 saturated heterocycles. The van der Waals surface area contributed by atoms with Crippen molar-refractivity contribution >= 4 is 55.6 Å². The molecule has 0 bridgehead atoms. The largest absolute Gasteiger partial charge is 0.332 e. The molecule has 3 rings (SSSR count). The van der Waals surface area contributed by atoms with Crippen LogP contribution in [0.3, 0.4) is 0 Å². The summed E-state index contributed by atoms with van der Waals surface area (Å²) < 4.78 is 1.08. The van der Waals surface area contributed by atoms with Crippen LogP contribution in [0, 0.1) is 0 Å². The lowest BCUT2D eigenvalue weighted by atomic mass is 10.3. The van der Waals surface area contributed by atoms with Gasteiger partial charge >= 0.3 is 0 Å². The fourth-order valence-corrected chi connectivity index (χ4v) is 2.95. The first-order valence-corrected chi connectivity index (χ1v) is 7.50. The van der Waals surface area contributed by atoms with Gasteiger partial charge in [-0.3, -0.25) is 4.79 Å². The standard InChI is InChI=1S/C15H12ClN3OS/c1-9(20)17-11-3-5-12(6-4-11)18-15-19-13-8-10(16)2-7-14(13)21-15/h2-8H,1H3,(H,17,20)(H,18,19). The lowest BCUT2D eigenvalue weighted by molar-refractivity contribution is -0.114. The number of nitrogens with zero attached hydrogens (tertiary/aromatic N) is 1. The quantitative estimate of drug-likeness (QED) is 0.739. The summed E-state index contributed by atoms with van der Waals surface area (Å²) in [4.78, 5) is 15.5. The number of nitrogens with one attached hydrogen (secondary N) is 2. The number of amides is 1. The molecule has 0 aliphatic rings. The van der Waals surface area contributed by atoms with E-state index in [2.05, 4.69) is 15.6 Å². The van der Waals surface area contributed by atoms with E-state index in [-0.39, 0.29) is 5.91 Å². The number of anilines is 3. The van der Waals surface area contributed by atoms with Crippen LogP contribution in [0.15, 0.2) is 42.5 Å². The molecule has 0 aliphatic heterocycles. The number of carbonyl (C=O) groups is 1. The van der Waals surface area contributed by atoms with E-state index in [0.29, 0.717) is 5.02 Å². The molecule has 0 fully saturated rings. The molecular weight excluding hydrogens is 306 g/mol. The predicted octanol–water partition coefficient (Wildman–Crippen LogP) is 4.65. The minimum Gasteiger partial charge on any atom is -0.332 e. The number of hydrogen-bond donors (Lipinski definition) is 2. The monoisotopic (exact) mass is 317 g/mol.